The standard InChI is InChI=1S/C10H15NO2/c1-2-3-6-10(13)11-7-4-5-9(11)8-12/h1,9,12H,3-8H2/t9-/m1/s1. The molecule has 0 spiro atoms. The molecule has 1 amide bonds. The smallest absolute Gasteiger partial charge is 0.223 e. The van der Waals surface area contributed by atoms with Gasteiger partial charge in [0.2, 0.25) is 5.91 Å². The first kappa shape index (κ1) is 10.1. The molecule has 1 rings (SSSR count). The molecule has 1 fully saturated rings. The molecule has 0 aromatic carbocycles. The van der Waals surface area contributed by atoms with Crippen LogP contribution in [0.4, 0.5) is 0 Å². The van der Waals surface area contributed by atoms with Gasteiger partial charge in [-0.05, 0) is 12.8 Å². The molecule has 1 saturated heterocycles. The average Bonchev–Trinajstić information content (AvgIpc) is 2.61. The van der Waals surface area contributed by atoms with Crippen LogP contribution in [0.25, 0.3) is 0 Å². The van der Waals surface area contributed by atoms with Crippen LogP contribution in [0.15, 0.2) is 0 Å². The Morgan fingerprint density at radius 3 is 3.08 bits per heavy atom. The molecule has 0 radical (unpaired) electrons. The predicted octanol–water partition coefficient (Wildman–Crippen LogP) is 0.383. The third-order valence-electron chi connectivity index (χ3n) is 2.39. The summed E-state index contributed by atoms with van der Waals surface area (Å²) in [6.45, 7) is 0.844. The second kappa shape index (κ2) is 4.88. The summed E-state index contributed by atoms with van der Waals surface area (Å²) in [5.41, 5.74) is 0. The molecule has 1 N–H and O–H groups in total. The number of aliphatic hydroxyl groups excluding tert-OH is 1. The Labute approximate surface area is 78.7 Å². The third kappa shape index (κ3) is 2.46. The van der Waals surface area contributed by atoms with Gasteiger partial charge < -0.3 is 10.0 Å². The van der Waals surface area contributed by atoms with Crippen LogP contribution in [0, 0.1) is 12.3 Å². The fourth-order valence-electron chi connectivity index (χ4n) is 1.68. The summed E-state index contributed by atoms with van der Waals surface area (Å²) in [4.78, 5) is 13.2. The number of likely N-dealkylation sites (tertiary alicyclic amines) is 1. The highest BCUT2D eigenvalue weighted by molar-refractivity contribution is 5.77. The highest BCUT2D eigenvalue weighted by Gasteiger charge is 2.27. The van der Waals surface area contributed by atoms with Crippen molar-refractivity contribution >= 4 is 5.91 Å². The van der Waals surface area contributed by atoms with E-state index in [4.69, 9.17) is 11.5 Å². The molecule has 1 heterocycles. The van der Waals surface area contributed by atoms with Crippen LogP contribution in [0.3, 0.4) is 0 Å². The van der Waals surface area contributed by atoms with Crippen LogP contribution >= 0.6 is 0 Å². The van der Waals surface area contributed by atoms with E-state index in [-0.39, 0.29) is 18.6 Å². The van der Waals surface area contributed by atoms with Crippen LogP contribution in [0.1, 0.15) is 25.7 Å². The van der Waals surface area contributed by atoms with Gasteiger partial charge in [-0.2, -0.15) is 0 Å². The zero-order valence-corrected chi connectivity index (χ0v) is 7.70. The van der Waals surface area contributed by atoms with E-state index in [0.717, 1.165) is 19.4 Å². The quantitative estimate of drug-likeness (QED) is 0.639. The maximum atomic E-state index is 11.5. The molecule has 1 aliphatic rings. The Kier molecular flexibility index (Phi) is 3.78. The summed E-state index contributed by atoms with van der Waals surface area (Å²) in [5, 5.41) is 8.98. The number of terminal acetylenes is 1. The summed E-state index contributed by atoms with van der Waals surface area (Å²) in [6.07, 6.45) is 7.88. The Morgan fingerprint density at radius 1 is 1.69 bits per heavy atom. The van der Waals surface area contributed by atoms with Crippen molar-refractivity contribution < 1.29 is 9.90 Å². The van der Waals surface area contributed by atoms with Gasteiger partial charge in [-0.3, -0.25) is 4.79 Å². The molecule has 0 saturated carbocycles. The number of aliphatic hydroxyl groups is 1. The van der Waals surface area contributed by atoms with Crippen molar-refractivity contribution in [2.24, 2.45) is 0 Å². The number of carbonyl (C=O) groups excluding carboxylic acids is 1. The minimum atomic E-state index is 0.0327. The number of hydrogen-bond acceptors (Lipinski definition) is 2. The van der Waals surface area contributed by atoms with E-state index in [1.807, 2.05) is 0 Å². The van der Waals surface area contributed by atoms with Crippen molar-refractivity contribution in [2.45, 2.75) is 31.7 Å². The second-order valence-corrected chi connectivity index (χ2v) is 3.27. The molecule has 1 atom stereocenters. The van der Waals surface area contributed by atoms with Gasteiger partial charge in [0.05, 0.1) is 12.6 Å². The first-order valence-electron chi connectivity index (χ1n) is 4.63. The molecule has 0 unspecified atom stereocenters. The highest BCUT2D eigenvalue weighted by Crippen LogP contribution is 2.17. The predicted molar refractivity (Wildman–Crippen MR) is 49.9 cm³/mol. The Bertz CT molecular complexity index is 219. The van der Waals surface area contributed by atoms with E-state index < -0.39 is 0 Å². The molecule has 0 aliphatic carbocycles. The molecule has 1 aliphatic heterocycles. The monoisotopic (exact) mass is 181 g/mol. The van der Waals surface area contributed by atoms with E-state index in [1.165, 1.54) is 0 Å². The molecule has 13 heavy (non-hydrogen) atoms. The Morgan fingerprint density at radius 2 is 2.46 bits per heavy atom. The van der Waals surface area contributed by atoms with Gasteiger partial charge >= 0.3 is 0 Å². The molecule has 0 aromatic rings. The summed E-state index contributed by atoms with van der Waals surface area (Å²) in [7, 11) is 0. The third-order valence-corrected chi connectivity index (χ3v) is 2.39. The summed E-state index contributed by atoms with van der Waals surface area (Å²) in [6, 6.07) is 0.0327. The summed E-state index contributed by atoms with van der Waals surface area (Å²) < 4.78 is 0. The second-order valence-electron chi connectivity index (χ2n) is 3.27. The summed E-state index contributed by atoms with van der Waals surface area (Å²) in [5.74, 6) is 2.52. The number of nitrogens with zero attached hydrogens (tertiary/aromatic N) is 1. The Hall–Kier alpha value is -1.01. The Balaban J connectivity index is 2.41. The lowest BCUT2D eigenvalue weighted by atomic mass is 10.2. The number of amides is 1. The van der Waals surface area contributed by atoms with E-state index in [1.54, 1.807) is 4.90 Å². The van der Waals surface area contributed by atoms with Gasteiger partial charge in [0.25, 0.3) is 0 Å². The van der Waals surface area contributed by atoms with E-state index in [0.29, 0.717) is 12.8 Å². The largest absolute Gasteiger partial charge is 0.394 e. The molecule has 3 nitrogen and oxygen atoms in total. The molecular weight excluding hydrogens is 166 g/mol. The normalized spacial score (nSPS) is 21.5. The van der Waals surface area contributed by atoms with Gasteiger partial charge in [0, 0.05) is 19.4 Å². The van der Waals surface area contributed by atoms with Crippen LogP contribution < -0.4 is 0 Å². The summed E-state index contributed by atoms with van der Waals surface area (Å²) >= 11 is 0. The first-order valence-corrected chi connectivity index (χ1v) is 4.63. The van der Waals surface area contributed by atoms with Crippen LogP contribution in [-0.4, -0.2) is 35.1 Å². The average molecular weight is 181 g/mol. The molecular formula is C10H15NO2. The van der Waals surface area contributed by atoms with E-state index >= 15 is 0 Å². The maximum absolute atomic E-state index is 11.5. The molecule has 3 heteroatoms. The van der Waals surface area contributed by atoms with Gasteiger partial charge in [-0.25, -0.2) is 0 Å². The lowest BCUT2D eigenvalue weighted by Crippen LogP contribution is -2.37. The van der Waals surface area contributed by atoms with Crippen molar-refractivity contribution in [3.05, 3.63) is 0 Å². The highest BCUT2D eigenvalue weighted by atomic mass is 16.3. The van der Waals surface area contributed by atoms with Crippen molar-refractivity contribution in [3.8, 4) is 12.3 Å². The lowest BCUT2D eigenvalue weighted by Gasteiger charge is -2.22. The minimum absolute atomic E-state index is 0.0327. The van der Waals surface area contributed by atoms with Gasteiger partial charge in [0.1, 0.15) is 0 Å². The maximum Gasteiger partial charge on any atom is 0.223 e. The number of hydrogen-bond donors (Lipinski definition) is 1. The minimum Gasteiger partial charge on any atom is -0.394 e. The fraction of sp³-hybridized carbons (Fsp3) is 0.700. The van der Waals surface area contributed by atoms with Gasteiger partial charge in [-0.1, -0.05) is 0 Å². The zero-order chi connectivity index (χ0) is 9.68. The lowest BCUT2D eigenvalue weighted by molar-refractivity contribution is -0.132. The van der Waals surface area contributed by atoms with E-state index in [2.05, 4.69) is 5.92 Å². The number of rotatable bonds is 3. The topological polar surface area (TPSA) is 40.5 Å². The zero-order valence-electron chi connectivity index (χ0n) is 7.70. The SMILES string of the molecule is C#CCCC(=O)N1CCC[C@@H]1CO. The van der Waals surface area contributed by atoms with Gasteiger partial charge in [-0.15, -0.1) is 12.3 Å². The van der Waals surface area contributed by atoms with Crippen LogP contribution in [0.5, 0.6) is 0 Å². The van der Waals surface area contributed by atoms with Crippen molar-refractivity contribution in [3.63, 3.8) is 0 Å². The molecule has 72 valence electrons. The van der Waals surface area contributed by atoms with Gasteiger partial charge in [0.15, 0.2) is 0 Å². The molecule has 0 aromatic heterocycles. The van der Waals surface area contributed by atoms with E-state index in [9.17, 15) is 4.79 Å². The molecule has 0 bridgehead atoms. The first-order chi connectivity index (χ1) is 6.29. The van der Waals surface area contributed by atoms with Crippen LogP contribution in [0.2, 0.25) is 0 Å². The number of carbonyl (C=O) groups is 1. The van der Waals surface area contributed by atoms with Crippen LogP contribution in [-0.2, 0) is 4.79 Å². The van der Waals surface area contributed by atoms with Crippen molar-refractivity contribution in [1.29, 1.82) is 0 Å². The van der Waals surface area contributed by atoms with Crippen molar-refractivity contribution in [1.82, 2.24) is 4.90 Å². The fourth-order valence-corrected chi connectivity index (χ4v) is 1.68. The van der Waals surface area contributed by atoms with Crippen molar-refractivity contribution in [2.75, 3.05) is 13.2 Å².